The van der Waals surface area contributed by atoms with Crippen LogP contribution >= 0.6 is 0 Å². The Bertz CT molecular complexity index is 251. The first-order valence-electron chi connectivity index (χ1n) is 4.73. The highest BCUT2D eigenvalue weighted by Gasteiger charge is 2.02. The maximum absolute atomic E-state index is 4.17. The van der Waals surface area contributed by atoms with Crippen LogP contribution in [0.1, 0.15) is 30.3 Å². The first-order valence-corrected chi connectivity index (χ1v) is 4.73. The molecule has 3 heteroatoms. The Labute approximate surface area is 79.6 Å². The van der Waals surface area contributed by atoms with E-state index in [1.807, 2.05) is 13.8 Å². The highest BCUT2D eigenvalue weighted by atomic mass is 14.9. The number of aryl methyl sites for hydroxylation is 2. The molecular formula is C10H17N3. The summed E-state index contributed by atoms with van der Waals surface area (Å²) >= 11 is 0. The van der Waals surface area contributed by atoms with Gasteiger partial charge in [0.15, 0.2) is 0 Å². The fraction of sp³-hybridized carbons (Fsp3) is 0.600. The lowest BCUT2D eigenvalue weighted by Gasteiger charge is -2.08. The highest BCUT2D eigenvalue weighted by Crippen LogP contribution is 2.06. The summed E-state index contributed by atoms with van der Waals surface area (Å²) in [5.74, 6) is 0. The maximum Gasteiger partial charge on any atom is 0.115 e. The second-order valence-electron chi connectivity index (χ2n) is 3.20. The van der Waals surface area contributed by atoms with Gasteiger partial charge < -0.3 is 5.32 Å². The van der Waals surface area contributed by atoms with Gasteiger partial charge in [-0.2, -0.15) is 0 Å². The fourth-order valence-corrected chi connectivity index (χ4v) is 1.27. The van der Waals surface area contributed by atoms with Gasteiger partial charge in [0.2, 0.25) is 0 Å². The molecule has 0 saturated heterocycles. The van der Waals surface area contributed by atoms with Crippen molar-refractivity contribution in [2.75, 3.05) is 6.54 Å². The fourth-order valence-electron chi connectivity index (χ4n) is 1.27. The average molecular weight is 179 g/mol. The highest BCUT2D eigenvalue weighted by molar-refractivity contribution is 5.22. The third-order valence-electron chi connectivity index (χ3n) is 2.10. The van der Waals surface area contributed by atoms with Gasteiger partial charge in [0, 0.05) is 23.5 Å². The molecule has 0 spiro atoms. The first kappa shape index (κ1) is 10.1. The molecule has 0 unspecified atom stereocenters. The van der Waals surface area contributed by atoms with Gasteiger partial charge in [-0.25, -0.2) is 9.97 Å². The number of rotatable bonds is 4. The Morgan fingerprint density at radius 3 is 2.38 bits per heavy atom. The van der Waals surface area contributed by atoms with Gasteiger partial charge in [-0.3, -0.25) is 0 Å². The number of hydrogen-bond acceptors (Lipinski definition) is 3. The molecule has 3 nitrogen and oxygen atoms in total. The monoisotopic (exact) mass is 179 g/mol. The smallest absolute Gasteiger partial charge is 0.115 e. The van der Waals surface area contributed by atoms with Gasteiger partial charge in [0.25, 0.3) is 0 Å². The molecular weight excluding hydrogens is 162 g/mol. The van der Waals surface area contributed by atoms with E-state index in [9.17, 15) is 0 Å². The van der Waals surface area contributed by atoms with Crippen LogP contribution < -0.4 is 5.32 Å². The number of nitrogens with one attached hydrogen (secondary N) is 1. The van der Waals surface area contributed by atoms with Crippen molar-refractivity contribution in [1.82, 2.24) is 15.3 Å². The Balaban J connectivity index is 2.64. The van der Waals surface area contributed by atoms with Crippen LogP contribution in [0.25, 0.3) is 0 Å². The van der Waals surface area contributed by atoms with Crippen molar-refractivity contribution >= 4 is 0 Å². The lowest BCUT2D eigenvalue weighted by atomic mass is 10.2. The van der Waals surface area contributed by atoms with Crippen molar-refractivity contribution < 1.29 is 0 Å². The van der Waals surface area contributed by atoms with Gasteiger partial charge in [0.1, 0.15) is 6.33 Å². The van der Waals surface area contributed by atoms with Crippen LogP contribution in [-0.2, 0) is 6.54 Å². The molecule has 1 aromatic heterocycles. The molecule has 13 heavy (non-hydrogen) atoms. The van der Waals surface area contributed by atoms with Crippen molar-refractivity contribution in [1.29, 1.82) is 0 Å². The first-order chi connectivity index (χ1) is 6.25. The Morgan fingerprint density at radius 2 is 1.85 bits per heavy atom. The second kappa shape index (κ2) is 4.92. The quantitative estimate of drug-likeness (QED) is 0.713. The third-order valence-corrected chi connectivity index (χ3v) is 2.10. The molecule has 1 N–H and O–H groups in total. The van der Waals surface area contributed by atoms with E-state index < -0.39 is 0 Å². The minimum atomic E-state index is 0.881. The average Bonchev–Trinajstić information content (AvgIpc) is 2.10. The second-order valence-corrected chi connectivity index (χ2v) is 3.20. The molecule has 0 fully saturated rings. The van der Waals surface area contributed by atoms with Crippen LogP contribution in [0.15, 0.2) is 6.33 Å². The molecule has 1 rings (SSSR count). The molecule has 0 amide bonds. The van der Waals surface area contributed by atoms with E-state index in [4.69, 9.17) is 0 Å². The lowest BCUT2D eigenvalue weighted by Crippen LogP contribution is -2.16. The molecule has 0 aliphatic rings. The van der Waals surface area contributed by atoms with Crippen molar-refractivity contribution in [2.24, 2.45) is 0 Å². The van der Waals surface area contributed by atoms with Gasteiger partial charge in [-0.1, -0.05) is 6.92 Å². The minimum Gasteiger partial charge on any atom is -0.313 e. The number of nitrogens with zero attached hydrogens (tertiary/aromatic N) is 2. The van der Waals surface area contributed by atoms with E-state index in [-0.39, 0.29) is 0 Å². The Morgan fingerprint density at radius 1 is 1.23 bits per heavy atom. The van der Waals surface area contributed by atoms with Crippen LogP contribution in [0.2, 0.25) is 0 Å². The van der Waals surface area contributed by atoms with E-state index >= 15 is 0 Å². The van der Waals surface area contributed by atoms with Crippen LogP contribution in [0, 0.1) is 13.8 Å². The molecule has 72 valence electrons. The summed E-state index contributed by atoms with van der Waals surface area (Å²) < 4.78 is 0. The van der Waals surface area contributed by atoms with Gasteiger partial charge in [-0.15, -0.1) is 0 Å². The zero-order chi connectivity index (χ0) is 9.68. The lowest BCUT2D eigenvalue weighted by molar-refractivity contribution is 0.665. The van der Waals surface area contributed by atoms with Gasteiger partial charge in [0.05, 0.1) is 0 Å². The standard InChI is InChI=1S/C10H17N3/c1-4-5-11-6-10-8(2)12-7-13-9(10)3/h7,11H,4-6H2,1-3H3. The van der Waals surface area contributed by atoms with Crippen molar-refractivity contribution in [2.45, 2.75) is 33.7 Å². The summed E-state index contributed by atoms with van der Waals surface area (Å²) in [4.78, 5) is 8.34. The molecule has 0 radical (unpaired) electrons. The number of hydrogen-bond donors (Lipinski definition) is 1. The van der Waals surface area contributed by atoms with Crippen LogP contribution in [0.3, 0.4) is 0 Å². The molecule has 1 aromatic rings. The Kier molecular flexibility index (Phi) is 3.83. The molecule has 0 atom stereocenters. The number of aromatic nitrogens is 2. The van der Waals surface area contributed by atoms with Crippen LogP contribution in [-0.4, -0.2) is 16.5 Å². The van der Waals surface area contributed by atoms with Gasteiger partial charge >= 0.3 is 0 Å². The summed E-state index contributed by atoms with van der Waals surface area (Å²) in [5, 5.41) is 3.35. The van der Waals surface area contributed by atoms with Crippen molar-refractivity contribution in [3.8, 4) is 0 Å². The molecule has 0 aliphatic heterocycles. The normalized spacial score (nSPS) is 10.4. The SMILES string of the molecule is CCCNCc1c(C)ncnc1C. The molecule has 0 aromatic carbocycles. The molecule has 1 heterocycles. The van der Waals surface area contributed by atoms with E-state index in [1.165, 1.54) is 5.56 Å². The van der Waals surface area contributed by atoms with E-state index in [0.717, 1.165) is 30.9 Å². The Hall–Kier alpha value is -0.960. The van der Waals surface area contributed by atoms with Crippen LogP contribution in [0.4, 0.5) is 0 Å². The molecule has 0 bridgehead atoms. The molecule has 0 aliphatic carbocycles. The van der Waals surface area contributed by atoms with E-state index in [1.54, 1.807) is 6.33 Å². The van der Waals surface area contributed by atoms with Crippen molar-refractivity contribution in [3.63, 3.8) is 0 Å². The topological polar surface area (TPSA) is 37.8 Å². The predicted octanol–water partition coefficient (Wildman–Crippen LogP) is 1.59. The maximum atomic E-state index is 4.17. The van der Waals surface area contributed by atoms with Crippen LogP contribution in [0.5, 0.6) is 0 Å². The zero-order valence-electron chi connectivity index (χ0n) is 8.59. The molecule has 0 saturated carbocycles. The van der Waals surface area contributed by atoms with E-state index in [0.29, 0.717) is 0 Å². The summed E-state index contributed by atoms with van der Waals surface area (Å²) in [6.07, 6.45) is 2.78. The van der Waals surface area contributed by atoms with Crippen molar-refractivity contribution in [3.05, 3.63) is 23.3 Å². The van der Waals surface area contributed by atoms with Gasteiger partial charge in [-0.05, 0) is 26.8 Å². The summed E-state index contributed by atoms with van der Waals surface area (Å²) in [5.41, 5.74) is 3.39. The predicted molar refractivity (Wildman–Crippen MR) is 53.5 cm³/mol. The zero-order valence-corrected chi connectivity index (χ0v) is 8.59. The third kappa shape index (κ3) is 2.77. The summed E-state index contributed by atoms with van der Waals surface area (Å²) in [7, 11) is 0. The van der Waals surface area contributed by atoms with E-state index in [2.05, 4.69) is 22.2 Å². The summed E-state index contributed by atoms with van der Waals surface area (Å²) in [6, 6.07) is 0. The minimum absolute atomic E-state index is 0.881. The summed E-state index contributed by atoms with van der Waals surface area (Å²) in [6.45, 7) is 8.14. The largest absolute Gasteiger partial charge is 0.313 e.